The fourth-order valence-electron chi connectivity index (χ4n) is 0.0809. The van der Waals surface area contributed by atoms with Crippen LogP contribution in [0.3, 0.4) is 0 Å². The minimum atomic E-state index is 0.0995. The number of aliphatic hydroxyl groups is 1. The zero-order valence-electron chi connectivity index (χ0n) is 4.39. The number of hydrogen-bond acceptors (Lipinski definition) is 2. The van der Waals surface area contributed by atoms with Gasteiger partial charge in [-0.3, -0.25) is 0 Å². The van der Waals surface area contributed by atoms with Crippen molar-refractivity contribution in [3.8, 4) is 6.07 Å². The average Bonchev–Trinajstić information content (AvgIpc) is 1.65. The van der Waals surface area contributed by atoms with E-state index in [1.54, 1.807) is 13.0 Å². The largest absolute Gasteiger partial charge is 0.512 e. The van der Waals surface area contributed by atoms with Gasteiger partial charge in [-0.25, -0.2) is 0 Å². The van der Waals surface area contributed by atoms with Gasteiger partial charge in [0.2, 0.25) is 0 Å². The van der Waals surface area contributed by atoms with Crippen molar-refractivity contribution in [2.24, 2.45) is 0 Å². The van der Waals surface area contributed by atoms with E-state index in [9.17, 15) is 0 Å². The summed E-state index contributed by atoms with van der Waals surface area (Å²) in [6.45, 7) is 3.05. The molecule has 0 spiro atoms. The first-order chi connectivity index (χ1) is 3.18. The highest BCUT2D eigenvalue weighted by Crippen LogP contribution is 1.94. The summed E-state index contributed by atoms with van der Waals surface area (Å²) in [5.41, 5.74) is 0.375. The van der Waals surface area contributed by atoms with E-state index in [-0.39, 0.29) is 5.76 Å². The zero-order valence-corrected chi connectivity index (χ0v) is 4.39. The number of allylic oxidation sites excluding steroid dienone is 2. The molecule has 0 saturated heterocycles. The van der Waals surface area contributed by atoms with Crippen LogP contribution < -0.4 is 0 Å². The molecule has 0 radical (unpaired) electrons. The van der Waals surface area contributed by atoms with Gasteiger partial charge in [-0.05, 0) is 13.8 Å². The molecule has 0 bridgehead atoms. The molecule has 0 fully saturated rings. The van der Waals surface area contributed by atoms with Gasteiger partial charge in [0.1, 0.15) is 5.76 Å². The maximum absolute atomic E-state index is 8.48. The highest BCUT2D eigenvalue weighted by atomic mass is 16.3. The summed E-state index contributed by atoms with van der Waals surface area (Å²) in [6.07, 6.45) is 0. The van der Waals surface area contributed by atoms with Crippen LogP contribution in [0.15, 0.2) is 11.3 Å². The Bertz CT molecular complexity index is 126. The van der Waals surface area contributed by atoms with Crippen molar-refractivity contribution in [3.05, 3.63) is 11.3 Å². The van der Waals surface area contributed by atoms with Crippen molar-refractivity contribution in [2.75, 3.05) is 0 Å². The lowest BCUT2D eigenvalue weighted by molar-refractivity contribution is 0.409. The number of hydrogen-bond donors (Lipinski definition) is 1. The van der Waals surface area contributed by atoms with E-state index < -0.39 is 0 Å². The van der Waals surface area contributed by atoms with Crippen LogP contribution in [0, 0.1) is 11.3 Å². The highest BCUT2D eigenvalue weighted by molar-refractivity contribution is 5.19. The number of aliphatic hydroxyl groups excluding tert-OH is 1. The molecule has 2 nitrogen and oxygen atoms in total. The SMILES string of the molecule is C/C(O)=C(/C)C#N. The Kier molecular flexibility index (Phi) is 1.94. The molecule has 2 heteroatoms. The lowest BCUT2D eigenvalue weighted by Gasteiger charge is -1.84. The lowest BCUT2D eigenvalue weighted by atomic mass is 10.3. The Morgan fingerprint density at radius 2 is 2.00 bits per heavy atom. The molecule has 0 aromatic rings. The fourth-order valence-corrected chi connectivity index (χ4v) is 0.0809. The van der Waals surface area contributed by atoms with Crippen LogP contribution in [0.1, 0.15) is 13.8 Å². The van der Waals surface area contributed by atoms with Crippen molar-refractivity contribution in [3.63, 3.8) is 0 Å². The highest BCUT2D eigenvalue weighted by Gasteiger charge is 1.86. The second-order valence-corrected chi connectivity index (χ2v) is 1.32. The third kappa shape index (κ3) is 1.83. The van der Waals surface area contributed by atoms with Crippen LogP contribution in [0.4, 0.5) is 0 Å². The normalized spacial score (nSPS) is 12.1. The molecule has 0 heterocycles. The van der Waals surface area contributed by atoms with E-state index in [1.807, 2.05) is 0 Å². The second kappa shape index (κ2) is 2.25. The molecule has 7 heavy (non-hydrogen) atoms. The Morgan fingerprint density at radius 1 is 1.57 bits per heavy atom. The summed E-state index contributed by atoms with van der Waals surface area (Å²) in [7, 11) is 0. The molecule has 0 saturated carbocycles. The van der Waals surface area contributed by atoms with Crippen LogP contribution in [0.2, 0.25) is 0 Å². The van der Waals surface area contributed by atoms with E-state index >= 15 is 0 Å². The van der Waals surface area contributed by atoms with Gasteiger partial charge in [0.15, 0.2) is 0 Å². The molecule has 0 aliphatic rings. The van der Waals surface area contributed by atoms with Gasteiger partial charge in [-0.1, -0.05) is 0 Å². The first kappa shape index (κ1) is 6.03. The second-order valence-electron chi connectivity index (χ2n) is 1.32. The zero-order chi connectivity index (χ0) is 5.86. The van der Waals surface area contributed by atoms with E-state index in [2.05, 4.69) is 0 Å². The van der Waals surface area contributed by atoms with Gasteiger partial charge in [-0.15, -0.1) is 0 Å². The number of nitrogens with zero attached hydrogens (tertiary/aromatic N) is 1. The minimum Gasteiger partial charge on any atom is -0.512 e. The van der Waals surface area contributed by atoms with E-state index in [4.69, 9.17) is 10.4 Å². The van der Waals surface area contributed by atoms with Gasteiger partial charge in [0.05, 0.1) is 11.6 Å². The quantitative estimate of drug-likeness (QED) is 0.366. The molecule has 0 atom stereocenters. The molecule has 1 N–H and O–H groups in total. The van der Waals surface area contributed by atoms with Crippen LogP contribution >= 0.6 is 0 Å². The number of rotatable bonds is 0. The predicted octanol–water partition coefficient (Wildman–Crippen LogP) is 1.36. The van der Waals surface area contributed by atoms with Gasteiger partial charge in [0, 0.05) is 0 Å². The molecule has 0 aromatic heterocycles. The molecule has 0 aliphatic heterocycles. The summed E-state index contributed by atoms with van der Waals surface area (Å²) in [6, 6.07) is 1.79. The third-order valence-corrected chi connectivity index (χ3v) is 0.710. The Labute approximate surface area is 42.7 Å². The Morgan fingerprint density at radius 3 is 2.00 bits per heavy atom. The predicted molar refractivity (Wildman–Crippen MR) is 26.6 cm³/mol. The third-order valence-electron chi connectivity index (χ3n) is 0.710. The standard InChI is InChI=1S/C5H7NO/c1-4(3-6)5(2)7/h7H,1-2H3/b5-4+. The summed E-state index contributed by atoms with van der Waals surface area (Å²) in [5.74, 6) is 0.0995. The first-order valence-corrected chi connectivity index (χ1v) is 1.95. The van der Waals surface area contributed by atoms with Crippen LogP contribution in [-0.4, -0.2) is 5.11 Å². The fraction of sp³-hybridized carbons (Fsp3) is 0.400. The smallest absolute Gasteiger partial charge is 0.102 e. The molecular formula is C5H7NO. The van der Waals surface area contributed by atoms with Crippen molar-refractivity contribution in [1.29, 1.82) is 5.26 Å². The van der Waals surface area contributed by atoms with E-state index in [1.165, 1.54) is 6.92 Å². The minimum absolute atomic E-state index is 0.0995. The summed E-state index contributed by atoms with van der Waals surface area (Å²) in [5, 5.41) is 16.5. The molecule has 0 aliphatic carbocycles. The summed E-state index contributed by atoms with van der Waals surface area (Å²) >= 11 is 0. The van der Waals surface area contributed by atoms with Gasteiger partial charge >= 0.3 is 0 Å². The van der Waals surface area contributed by atoms with Crippen molar-refractivity contribution < 1.29 is 5.11 Å². The van der Waals surface area contributed by atoms with Crippen LogP contribution in [0.25, 0.3) is 0 Å². The van der Waals surface area contributed by atoms with Crippen molar-refractivity contribution in [2.45, 2.75) is 13.8 Å². The first-order valence-electron chi connectivity index (χ1n) is 1.95. The Balaban J connectivity index is 4.07. The van der Waals surface area contributed by atoms with E-state index in [0.717, 1.165) is 0 Å². The lowest BCUT2D eigenvalue weighted by Crippen LogP contribution is -1.74. The maximum atomic E-state index is 8.48. The monoisotopic (exact) mass is 97.1 g/mol. The molecule has 0 amide bonds. The van der Waals surface area contributed by atoms with Gasteiger partial charge in [-0.2, -0.15) is 5.26 Å². The summed E-state index contributed by atoms with van der Waals surface area (Å²) in [4.78, 5) is 0. The van der Waals surface area contributed by atoms with E-state index in [0.29, 0.717) is 5.57 Å². The molecule has 0 rings (SSSR count). The summed E-state index contributed by atoms with van der Waals surface area (Å²) < 4.78 is 0. The van der Waals surface area contributed by atoms with Crippen LogP contribution in [-0.2, 0) is 0 Å². The van der Waals surface area contributed by atoms with Gasteiger partial charge in [0.25, 0.3) is 0 Å². The maximum Gasteiger partial charge on any atom is 0.102 e. The average molecular weight is 97.1 g/mol. The molecular weight excluding hydrogens is 90.1 g/mol. The number of nitriles is 1. The van der Waals surface area contributed by atoms with Crippen molar-refractivity contribution >= 4 is 0 Å². The van der Waals surface area contributed by atoms with Crippen LogP contribution in [0.5, 0.6) is 0 Å². The molecule has 0 unspecified atom stereocenters. The van der Waals surface area contributed by atoms with Gasteiger partial charge < -0.3 is 5.11 Å². The molecule has 38 valence electrons. The Hall–Kier alpha value is -0.970. The van der Waals surface area contributed by atoms with Crippen molar-refractivity contribution in [1.82, 2.24) is 0 Å². The topological polar surface area (TPSA) is 44.0 Å². The molecule has 0 aromatic carbocycles.